The third kappa shape index (κ3) is 4.14. The Balaban J connectivity index is 1.25. The molecule has 4 aromatic rings. The van der Waals surface area contributed by atoms with Gasteiger partial charge in [-0.15, -0.1) is 0 Å². The van der Waals surface area contributed by atoms with E-state index < -0.39 is 0 Å². The maximum atomic E-state index is 12.7. The maximum absolute atomic E-state index is 12.7. The van der Waals surface area contributed by atoms with E-state index in [1.54, 1.807) is 0 Å². The van der Waals surface area contributed by atoms with Crippen LogP contribution < -0.4 is 16.0 Å². The van der Waals surface area contributed by atoms with Gasteiger partial charge in [0.05, 0.1) is 0 Å². The maximum Gasteiger partial charge on any atom is 0.255 e. The summed E-state index contributed by atoms with van der Waals surface area (Å²) >= 11 is 0. The van der Waals surface area contributed by atoms with Gasteiger partial charge in [0.25, 0.3) is 5.91 Å². The number of benzene rings is 3. The number of rotatable bonds is 5. The van der Waals surface area contributed by atoms with E-state index in [0.29, 0.717) is 18.5 Å². The number of carbonyl (C=O) groups excluding carboxylic acids is 2. The van der Waals surface area contributed by atoms with Crippen LogP contribution in [0.4, 0.5) is 17.1 Å². The minimum atomic E-state index is -0.138. The van der Waals surface area contributed by atoms with Gasteiger partial charge in [-0.1, -0.05) is 12.1 Å². The van der Waals surface area contributed by atoms with Crippen LogP contribution in [0.25, 0.3) is 10.9 Å². The van der Waals surface area contributed by atoms with Crippen LogP contribution >= 0.6 is 0 Å². The summed E-state index contributed by atoms with van der Waals surface area (Å²) in [7, 11) is 0. The second kappa shape index (κ2) is 7.99. The zero-order valence-electron chi connectivity index (χ0n) is 16.9. The topological polar surface area (TPSA) is 86.0 Å². The molecule has 3 aromatic carbocycles. The first-order chi connectivity index (χ1) is 15.1. The summed E-state index contributed by atoms with van der Waals surface area (Å²) in [6.07, 6.45) is 3.15. The van der Waals surface area contributed by atoms with Gasteiger partial charge in [-0.05, 0) is 72.1 Å². The number of aryl methyl sites for hydroxylation is 1. The summed E-state index contributed by atoms with van der Waals surface area (Å²) in [6, 6.07) is 21.3. The van der Waals surface area contributed by atoms with Crippen molar-refractivity contribution in [1.82, 2.24) is 4.98 Å². The monoisotopic (exact) mass is 410 g/mol. The summed E-state index contributed by atoms with van der Waals surface area (Å²) < 4.78 is 0. The second-order valence-corrected chi connectivity index (χ2v) is 7.71. The molecule has 0 saturated heterocycles. The summed E-state index contributed by atoms with van der Waals surface area (Å²) in [5.74, 6) is -0.0717. The van der Waals surface area contributed by atoms with Gasteiger partial charge in [-0.25, -0.2) is 0 Å². The van der Waals surface area contributed by atoms with Crippen LogP contribution in [0, 0.1) is 0 Å². The van der Waals surface area contributed by atoms with Crippen LogP contribution in [0.1, 0.15) is 27.9 Å². The highest BCUT2D eigenvalue weighted by atomic mass is 16.2. The molecule has 2 heterocycles. The largest absolute Gasteiger partial charge is 0.381 e. The van der Waals surface area contributed by atoms with Gasteiger partial charge in [0, 0.05) is 52.7 Å². The predicted molar refractivity (Wildman–Crippen MR) is 123 cm³/mol. The van der Waals surface area contributed by atoms with E-state index in [2.05, 4.69) is 27.0 Å². The molecule has 0 atom stereocenters. The smallest absolute Gasteiger partial charge is 0.255 e. The van der Waals surface area contributed by atoms with Gasteiger partial charge < -0.3 is 20.9 Å². The summed E-state index contributed by atoms with van der Waals surface area (Å²) in [4.78, 5) is 27.4. The van der Waals surface area contributed by atoms with Crippen LogP contribution in [0.3, 0.4) is 0 Å². The van der Waals surface area contributed by atoms with Crippen molar-refractivity contribution in [3.8, 4) is 0 Å². The first-order valence-electron chi connectivity index (χ1n) is 10.3. The van der Waals surface area contributed by atoms with Gasteiger partial charge in [-0.2, -0.15) is 0 Å². The fraction of sp³-hybridized carbons (Fsp3) is 0.120. The Kier molecular flexibility index (Phi) is 4.88. The number of amides is 2. The number of H-pyrrole nitrogens is 1. The Labute approximate surface area is 179 Å². The van der Waals surface area contributed by atoms with Crippen molar-refractivity contribution in [1.29, 1.82) is 0 Å². The minimum absolute atomic E-state index is 0.0660. The van der Waals surface area contributed by atoms with E-state index in [1.807, 2.05) is 66.9 Å². The van der Waals surface area contributed by atoms with Gasteiger partial charge in [0.15, 0.2) is 0 Å². The standard InChI is InChI=1S/C25H22N4O2/c30-24-9-4-17-13-20(5-8-23(17)29-24)27-15-16-2-1-3-19(12-16)25(31)28-21-6-7-22-18(14-21)10-11-26-22/h1-3,5-8,10-14,26-27H,4,9,15H2,(H,28,31)(H,29,30). The zero-order valence-corrected chi connectivity index (χ0v) is 16.9. The van der Waals surface area contributed by atoms with E-state index in [1.165, 1.54) is 0 Å². The molecule has 6 nitrogen and oxygen atoms in total. The lowest BCUT2D eigenvalue weighted by Gasteiger charge is -2.18. The van der Waals surface area contributed by atoms with E-state index in [4.69, 9.17) is 0 Å². The van der Waals surface area contributed by atoms with Crippen LogP contribution in [0.5, 0.6) is 0 Å². The van der Waals surface area contributed by atoms with Gasteiger partial charge in [0.2, 0.25) is 5.91 Å². The highest BCUT2D eigenvalue weighted by Gasteiger charge is 2.14. The van der Waals surface area contributed by atoms with E-state index in [-0.39, 0.29) is 11.8 Å². The third-order valence-corrected chi connectivity index (χ3v) is 5.50. The van der Waals surface area contributed by atoms with Crippen molar-refractivity contribution < 1.29 is 9.59 Å². The van der Waals surface area contributed by atoms with E-state index in [0.717, 1.165) is 45.5 Å². The Morgan fingerprint density at radius 1 is 0.935 bits per heavy atom. The number of anilines is 3. The van der Waals surface area contributed by atoms with Crippen LogP contribution in [-0.4, -0.2) is 16.8 Å². The highest BCUT2D eigenvalue weighted by molar-refractivity contribution is 6.05. The number of fused-ring (bicyclic) bond motifs is 2. The molecule has 31 heavy (non-hydrogen) atoms. The molecule has 0 radical (unpaired) electrons. The Morgan fingerprint density at radius 2 is 1.84 bits per heavy atom. The van der Waals surface area contributed by atoms with Crippen LogP contribution in [0.15, 0.2) is 72.9 Å². The van der Waals surface area contributed by atoms with Crippen molar-refractivity contribution in [2.75, 3.05) is 16.0 Å². The highest BCUT2D eigenvalue weighted by Crippen LogP contribution is 2.26. The normalized spacial score (nSPS) is 12.8. The zero-order chi connectivity index (χ0) is 21.2. The average molecular weight is 410 g/mol. The molecule has 0 unspecified atom stereocenters. The molecular weight excluding hydrogens is 388 g/mol. The number of nitrogens with one attached hydrogen (secondary N) is 4. The lowest BCUT2D eigenvalue weighted by atomic mass is 10.0. The molecule has 0 spiro atoms. The second-order valence-electron chi connectivity index (χ2n) is 7.71. The van der Waals surface area contributed by atoms with E-state index in [9.17, 15) is 9.59 Å². The molecule has 154 valence electrons. The molecule has 2 amide bonds. The van der Waals surface area contributed by atoms with Crippen molar-refractivity contribution in [2.24, 2.45) is 0 Å². The molecule has 1 aromatic heterocycles. The Bertz CT molecular complexity index is 1290. The van der Waals surface area contributed by atoms with Gasteiger partial charge >= 0.3 is 0 Å². The number of carbonyl (C=O) groups is 2. The van der Waals surface area contributed by atoms with Gasteiger partial charge in [-0.3, -0.25) is 9.59 Å². The molecule has 1 aliphatic rings. The fourth-order valence-corrected chi connectivity index (χ4v) is 3.85. The number of aromatic nitrogens is 1. The molecule has 0 fully saturated rings. The fourth-order valence-electron chi connectivity index (χ4n) is 3.85. The predicted octanol–water partition coefficient (Wildman–Crippen LogP) is 4.92. The molecule has 4 N–H and O–H groups in total. The van der Waals surface area contributed by atoms with Crippen molar-refractivity contribution in [3.05, 3.63) is 89.6 Å². The quantitative estimate of drug-likeness (QED) is 0.377. The average Bonchev–Trinajstić information content (AvgIpc) is 3.26. The van der Waals surface area contributed by atoms with Crippen molar-refractivity contribution in [3.63, 3.8) is 0 Å². The van der Waals surface area contributed by atoms with Crippen molar-refractivity contribution in [2.45, 2.75) is 19.4 Å². The molecular formula is C25H22N4O2. The number of aromatic amines is 1. The summed E-state index contributed by atoms with van der Waals surface area (Å²) in [5.41, 5.74) is 6.44. The van der Waals surface area contributed by atoms with Crippen molar-refractivity contribution >= 4 is 39.8 Å². The van der Waals surface area contributed by atoms with E-state index >= 15 is 0 Å². The molecule has 5 rings (SSSR count). The summed E-state index contributed by atoms with van der Waals surface area (Å²) in [5, 5.41) is 10.3. The molecule has 1 aliphatic heterocycles. The molecule has 6 heteroatoms. The third-order valence-electron chi connectivity index (χ3n) is 5.50. The number of hydrogen-bond acceptors (Lipinski definition) is 3. The lowest BCUT2D eigenvalue weighted by molar-refractivity contribution is -0.116. The molecule has 0 saturated carbocycles. The minimum Gasteiger partial charge on any atom is -0.381 e. The Morgan fingerprint density at radius 3 is 2.77 bits per heavy atom. The first kappa shape index (κ1) is 18.9. The van der Waals surface area contributed by atoms with Crippen LogP contribution in [-0.2, 0) is 17.8 Å². The number of hydrogen-bond donors (Lipinski definition) is 4. The first-order valence-corrected chi connectivity index (χ1v) is 10.3. The Hall–Kier alpha value is -4.06. The SMILES string of the molecule is O=C1CCc2cc(NCc3cccc(C(=O)Nc4ccc5[nH]ccc5c4)c3)ccc2N1. The molecule has 0 aliphatic carbocycles. The summed E-state index contributed by atoms with van der Waals surface area (Å²) in [6.45, 7) is 0.599. The lowest BCUT2D eigenvalue weighted by Crippen LogP contribution is -2.19. The van der Waals surface area contributed by atoms with Gasteiger partial charge in [0.1, 0.15) is 0 Å². The molecule has 0 bridgehead atoms. The van der Waals surface area contributed by atoms with Crippen LogP contribution in [0.2, 0.25) is 0 Å².